The fourth-order valence-electron chi connectivity index (χ4n) is 2.72. The van der Waals surface area contributed by atoms with Gasteiger partial charge in [-0.05, 0) is 55.7 Å². The largest absolute Gasteiger partial charge is 0.324 e. The fraction of sp³-hybridized carbons (Fsp3) is 0.316. The minimum Gasteiger partial charge on any atom is -0.324 e. The molecule has 140 valence electrons. The highest BCUT2D eigenvalue weighted by Gasteiger charge is 2.31. The second-order valence-electron chi connectivity index (χ2n) is 6.28. The number of aryl methyl sites for hydroxylation is 2. The SMILES string of the molecule is CCC(C(=O)Nc1ccc(C)c(Cl)c1)N(c1cccc(C)c1)S(C)(=O)=O. The second kappa shape index (κ2) is 8.10. The number of anilines is 2. The van der Waals surface area contributed by atoms with Crippen LogP contribution < -0.4 is 9.62 Å². The first-order chi connectivity index (χ1) is 12.1. The summed E-state index contributed by atoms with van der Waals surface area (Å²) in [7, 11) is -3.65. The summed E-state index contributed by atoms with van der Waals surface area (Å²) in [6.07, 6.45) is 1.43. The van der Waals surface area contributed by atoms with Gasteiger partial charge in [-0.3, -0.25) is 9.10 Å². The van der Waals surface area contributed by atoms with Crippen molar-refractivity contribution in [3.05, 3.63) is 58.6 Å². The molecule has 1 unspecified atom stereocenters. The third-order valence-corrected chi connectivity index (χ3v) is 5.61. The van der Waals surface area contributed by atoms with Crippen molar-refractivity contribution in [1.82, 2.24) is 0 Å². The molecule has 0 spiro atoms. The highest BCUT2D eigenvalue weighted by atomic mass is 35.5. The lowest BCUT2D eigenvalue weighted by molar-refractivity contribution is -0.117. The van der Waals surface area contributed by atoms with E-state index in [1.54, 1.807) is 43.3 Å². The van der Waals surface area contributed by atoms with Crippen molar-refractivity contribution < 1.29 is 13.2 Å². The van der Waals surface area contributed by atoms with Crippen molar-refractivity contribution in [2.45, 2.75) is 33.2 Å². The van der Waals surface area contributed by atoms with Crippen molar-refractivity contribution in [1.29, 1.82) is 0 Å². The minimum atomic E-state index is -3.65. The Balaban J connectivity index is 2.38. The highest BCUT2D eigenvalue weighted by Crippen LogP contribution is 2.25. The normalized spacial score (nSPS) is 12.5. The molecule has 0 heterocycles. The lowest BCUT2D eigenvalue weighted by atomic mass is 10.1. The van der Waals surface area contributed by atoms with Crippen LogP contribution in [-0.4, -0.2) is 26.6 Å². The monoisotopic (exact) mass is 394 g/mol. The average Bonchev–Trinajstić information content (AvgIpc) is 2.54. The van der Waals surface area contributed by atoms with Gasteiger partial charge in [0, 0.05) is 10.7 Å². The molecule has 2 aromatic carbocycles. The number of hydrogen-bond donors (Lipinski definition) is 1. The highest BCUT2D eigenvalue weighted by molar-refractivity contribution is 7.92. The van der Waals surface area contributed by atoms with Gasteiger partial charge in [0.2, 0.25) is 15.9 Å². The number of amides is 1. The van der Waals surface area contributed by atoms with Gasteiger partial charge >= 0.3 is 0 Å². The van der Waals surface area contributed by atoms with Gasteiger partial charge < -0.3 is 5.32 Å². The Morgan fingerprint density at radius 2 is 1.88 bits per heavy atom. The van der Waals surface area contributed by atoms with Crippen molar-refractivity contribution in [2.75, 3.05) is 15.9 Å². The number of halogens is 1. The smallest absolute Gasteiger partial charge is 0.248 e. The van der Waals surface area contributed by atoms with Crippen molar-refractivity contribution in [3.8, 4) is 0 Å². The second-order valence-corrected chi connectivity index (χ2v) is 8.54. The summed E-state index contributed by atoms with van der Waals surface area (Å²) >= 11 is 6.10. The number of nitrogens with one attached hydrogen (secondary N) is 1. The standard InChI is InChI=1S/C19H23ClN2O3S/c1-5-18(19(23)21-15-10-9-14(3)17(20)12-15)22(26(4,24)25)16-8-6-7-13(2)11-16/h6-12,18H,5H2,1-4H3,(H,21,23). The Labute approximate surface area is 160 Å². The van der Waals surface area contributed by atoms with Gasteiger partial charge in [-0.2, -0.15) is 0 Å². The van der Waals surface area contributed by atoms with Gasteiger partial charge in [0.25, 0.3) is 0 Å². The van der Waals surface area contributed by atoms with E-state index in [2.05, 4.69) is 5.32 Å². The van der Waals surface area contributed by atoms with E-state index in [0.717, 1.165) is 17.4 Å². The van der Waals surface area contributed by atoms with Crippen LogP contribution in [0.2, 0.25) is 5.02 Å². The number of benzene rings is 2. The van der Waals surface area contributed by atoms with Gasteiger partial charge in [-0.1, -0.05) is 36.7 Å². The molecule has 0 saturated carbocycles. The lowest BCUT2D eigenvalue weighted by Crippen LogP contribution is -2.47. The van der Waals surface area contributed by atoms with Crippen LogP contribution in [0, 0.1) is 13.8 Å². The summed E-state index contributed by atoms with van der Waals surface area (Å²) in [4.78, 5) is 12.8. The van der Waals surface area contributed by atoms with Gasteiger partial charge in [0.05, 0.1) is 11.9 Å². The minimum absolute atomic E-state index is 0.326. The average molecular weight is 395 g/mol. The van der Waals surface area contributed by atoms with E-state index in [9.17, 15) is 13.2 Å². The Kier molecular flexibility index (Phi) is 6.31. The Morgan fingerprint density at radius 1 is 1.19 bits per heavy atom. The predicted molar refractivity (Wildman–Crippen MR) is 107 cm³/mol. The lowest BCUT2D eigenvalue weighted by Gasteiger charge is -2.30. The number of nitrogens with zero attached hydrogens (tertiary/aromatic N) is 1. The van der Waals surface area contributed by atoms with E-state index >= 15 is 0 Å². The maximum atomic E-state index is 12.8. The molecule has 0 radical (unpaired) electrons. The molecular weight excluding hydrogens is 372 g/mol. The first kappa shape index (κ1) is 20.3. The first-order valence-electron chi connectivity index (χ1n) is 8.26. The molecule has 2 rings (SSSR count). The van der Waals surface area contributed by atoms with E-state index in [4.69, 9.17) is 11.6 Å². The number of hydrogen-bond acceptors (Lipinski definition) is 3. The quantitative estimate of drug-likeness (QED) is 0.800. The van der Waals surface area contributed by atoms with E-state index in [-0.39, 0.29) is 0 Å². The molecule has 0 aliphatic rings. The van der Waals surface area contributed by atoms with E-state index < -0.39 is 22.0 Å². The van der Waals surface area contributed by atoms with E-state index in [1.165, 1.54) is 4.31 Å². The van der Waals surface area contributed by atoms with Crippen LogP contribution >= 0.6 is 11.6 Å². The Morgan fingerprint density at radius 3 is 2.42 bits per heavy atom. The molecule has 26 heavy (non-hydrogen) atoms. The Hall–Kier alpha value is -2.05. The summed E-state index contributed by atoms with van der Waals surface area (Å²) in [6, 6.07) is 11.4. The predicted octanol–water partition coefficient (Wildman–Crippen LogP) is 4.14. The van der Waals surface area contributed by atoms with Crippen LogP contribution in [0.3, 0.4) is 0 Å². The number of carbonyl (C=O) groups excluding carboxylic acids is 1. The van der Waals surface area contributed by atoms with Crippen LogP contribution in [0.1, 0.15) is 24.5 Å². The molecule has 0 aromatic heterocycles. The molecule has 0 aliphatic heterocycles. The van der Waals surface area contributed by atoms with Crippen LogP contribution in [0.4, 0.5) is 11.4 Å². The molecule has 0 fully saturated rings. The zero-order chi connectivity index (χ0) is 19.5. The topological polar surface area (TPSA) is 66.5 Å². The van der Waals surface area contributed by atoms with Crippen LogP contribution in [-0.2, 0) is 14.8 Å². The fourth-order valence-corrected chi connectivity index (χ4v) is 4.11. The van der Waals surface area contributed by atoms with E-state index in [1.807, 2.05) is 19.9 Å². The molecule has 0 saturated heterocycles. The van der Waals surface area contributed by atoms with Crippen LogP contribution in [0.5, 0.6) is 0 Å². The molecular formula is C19H23ClN2O3S. The molecule has 0 bridgehead atoms. The summed E-state index contributed by atoms with van der Waals surface area (Å²) in [5, 5.41) is 3.31. The summed E-state index contributed by atoms with van der Waals surface area (Å²) in [5.41, 5.74) is 2.81. The number of sulfonamides is 1. The molecule has 5 nitrogen and oxygen atoms in total. The summed E-state index contributed by atoms with van der Waals surface area (Å²) in [5.74, 6) is -0.403. The van der Waals surface area contributed by atoms with Crippen molar-refractivity contribution in [3.63, 3.8) is 0 Å². The van der Waals surface area contributed by atoms with E-state index in [0.29, 0.717) is 22.8 Å². The van der Waals surface area contributed by atoms with Crippen molar-refractivity contribution in [2.24, 2.45) is 0 Å². The summed E-state index contributed by atoms with van der Waals surface area (Å²) in [6.45, 7) is 5.52. The molecule has 0 aliphatic carbocycles. The molecule has 1 amide bonds. The number of carbonyl (C=O) groups is 1. The Bertz CT molecular complexity index is 913. The molecule has 7 heteroatoms. The van der Waals surface area contributed by atoms with Crippen LogP contribution in [0.15, 0.2) is 42.5 Å². The van der Waals surface area contributed by atoms with Gasteiger partial charge in [0.1, 0.15) is 6.04 Å². The maximum absolute atomic E-state index is 12.8. The first-order valence-corrected chi connectivity index (χ1v) is 10.5. The summed E-state index contributed by atoms with van der Waals surface area (Å²) < 4.78 is 26.0. The maximum Gasteiger partial charge on any atom is 0.248 e. The molecule has 2 aromatic rings. The number of rotatable bonds is 6. The third kappa shape index (κ3) is 4.77. The van der Waals surface area contributed by atoms with Gasteiger partial charge in [0.15, 0.2) is 0 Å². The van der Waals surface area contributed by atoms with Gasteiger partial charge in [-0.25, -0.2) is 8.42 Å². The molecule has 1 N–H and O–H groups in total. The zero-order valence-corrected chi connectivity index (χ0v) is 16.9. The third-order valence-electron chi connectivity index (χ3n) is 4.03. The van der Waals surface area contributed by atoms with Gasteiger partial charge in [-0.15, -0.1) is 0 Å². The van der Waals surface area contributed by atoms with Crippen LogP contribution in [0.25, 0.3) is 0 Å². The van der Waals surface area contributed by atoms with Crippen molar-refractivity contribution >= 4 is 38.9 Å². The molecule has 1 atom stereocenters. The zero-order valence-electron chi connectivity index (χ0n) is 15.3.